The third kappa shape index (κ3) is 7.81. The molecule has 39 heavy (non-hydrogen) atoms. The number of carbonyl (C=O) groups is 1. The number of esters is 1. The van der Waals surface area contributed by atoms with E-state index in [1.807, 2.05) is 58.0 Å². The van der Waals surface area contributed by atoms with Crippen molar-refractivity contribution in [1.82, 2.24) is 9.97 Å². The molecule has 4 rings (SSSR count). The summed E-state index contributed by atoms with van der Waals surface area (Å²) in [7, 11) is 0. The first-order chi connectivity index (χ1) is 18.4. The lowest BCUT2D eigenvalue weighted by Crippen LogP contribution is -2.34. The van der Waals surface area contributed by atoms with Gasteiger partial charge in [-0.3, -0.25) is 0 Å². The van der Waals surface area contributed by atoms with Gasteiger partial charge in [-0.1, -0.05) is 63.2 Å². The van der Waals surface area contributed by atoms with E-state index in [1.54, 1.807) is 0 Å². The van der Waals surface area contributed by atoms with Crippen molar-refractivity contribution < 1.29 is 14.3 Å². The molecule has 6 nitrogen and oxygen atoms in total. The molecule has 0 unspecified atom stereocenters. The van der Waals surface area contributed by atoms with E-state index in [-0.39, 0.29) is 11.1 Å². The van der Waals surface area contributed by atoms with E-state index < -0.39 is 11.6 Å². The molecular formula is C33H43N3O3. The molecule has 2 aromatic carbocycles. The second kappa shape index (κ2) is 11.8. The Balaban J connectivity index is 1.46. The van der Waals surface area contributed by atoms with Gasteiger partial charge in [0.05, 0.1) is 5.69 Å². The van der Waals surface area contributed by atoms with Crippen molar-refractivity contribution in [2.24, 2.45) is 5.92 Å². The van der Waals surface area contributed by atoms with Crippen LogP contribution in [0.15, 0.2) is 54.6 Å². The molecule has 0 saturated carbocycles. The highest BCUT2D eigenvalue weighted by Gasteiger charge is 2.27. The van der Waals surface area contributed by atoms with E-state index in [9.17, 15) is 4.79 Å². The highest BCUT2D eigenvalue weighted by molar-refractivity contribution is 5.90. The van der Waals surface area contributed by atoms with Gasteiger partial charge in [-0.05, 0) is 75.1 Å². The average molecular weight is 530 g/mol. The molecule has 2 heterocycles. The van der Waals surface area contributed by atoms with Gasteiger partial charge < -0.3 is 14.4 Å². The predicted molar refractivity (Wildman–Crippen MR) is 156 cm³/mol. The monoisotopic (exact) mass is 529 g/mol. The second-order valence-electron chi connectivity index (χ2n) is 12.6. The Hall–Kier alpha value is -3.41. The van der Waals surface area contributed by atoms with E-state index in [2.05, 4.69) is 49.9 Å². The lowest BCUT2D eigenvalue weighted by molar-refractivity contribution is 0.00572. The van der Waals surface area contributed by atoms with Crippen molar-refractivity contribution >= 4 is 11.7 Å². The summed E-state index contributed by atoms with van der Waals surface area (Å²) in [6, 6.07) is 18.9. The number of nitrogens with zero attached hydrogens (tertiary/aromatic N) is 3. The summed E-state index contributed by atoms with van der Waals surface area (Å²) in [5.74, 6) is 1.04. The number of aromatic nitrogens is 2. The van der Waals surface area contributed by atoms with Crippen LogP contribution in [-0.4, -0.2) is 34.6 Å². The molecule has 0 amide bonds. The van der Waals surface area contributed by atoms with Gasteiger partial charge in [0.2, 0.25) is 0 Å². The minimum atomic E-state index is -0.634. The number of piperidine rings is 1. The summed E-state index contributed by atoms with van der Waals surface area (Å²) >= 11 is 0. The van der Waals surface area contributed by atoms with Crippen LogP contribution < -0.4 is 9.64 Å². The standard InChI is InChI=1S/C33H43N3O3/c1-23-30(38-22-25-11-9-8-10-12-25)29(31(37)39-33(5,6)7)35-28(34-23)21-24-17-19-36(20-18-24)27-15-13-26(14-16-27)32(2,3)4/h8-16,24H,17-22H2,1-7H3. The van der Waals surface area contributed by atoms with Gasteiger partial charge >= 0.3 is 5.97 Å². The van der Waals surface area contributed by atoms with E-state index in [0.717, 1.165) is 37.9 Å². The van der Waals surface area contributed by atoms with Crippen molar-refractivity contribution in [3.8, 4) is 5.75 Å². The Kier molecular flexibility index (Phi) is 8.63. The fourth-order valence-electron chi connectivity index (χ4n) is 4.90. The van der Waals surface area contributed by atoms with Gasteiger partial charge in [-0.15, -0.1) is 0 Å². The summed E-state index contributed by atoms with van der Waals surface area (Å²) in [6.45, 7) is 16.5. The topological polar surface area (TPSA) is 64.6 Å². The summed E-state index contributed by atoms with van der Waals surface area (Å²) < 4.78 is 11.8. The Morgan fingerprint density at radius 3 is 2.15 bits per heavy atom. The highest BCUT2D eigenvalue weighted by atomic mass is 16.6. The molecule has 6 heteroatoms. The van der Waals surface area contributed by atoms with Crippen LogP contribution in [0.25, 0.3) is 0 Å². The molecule has 0 aliphatic carbocycles. The first-order valence-corrected chi connectivity index (χ1v) is 14.0. The number of aryl methyl sites for hydroxylation is 1. The molecule has 1 saturated heterocycles. The minimum Gasteiger partial charge on any atom is -0.484 e. The zero-order valence-electron chi connectivity index (χ0n) is 24.6. The van der Waals surface area contributed by atoms with E-state index in [0.29, 0.717) is 29.8 Å². The van der Waals surface area contributed by atoms with Crippen LogP contribution >= 0.6 is 0 Å². The minimum absolute atomic E-state index is 0.157. The molecule has 3 aromatic rings. The molecule has 1 aliphatic heterocycles. The van der Waals surface area contributed by atoms with Crippen molar-refractivity contribution in [3.05, 3.63) is 82.9 Å². The van der Waals surface area contributed by atoms with Crippen LogP contribution in [0.3, 0.4) is 0 Å². The average Bonchev–Trinajstić information content (AvgIpc) is 2.87. The van der Waals surface area contributed by atoms with Gasteiger partial charge in [0.25, 0.3) is 0 Å². The van der Waals surface area contributed by atoms with Crippen molar-refractivity contribution in [2.45, 2.75) is 85.4 Å². The maximum Gasteiger partial charge on any atom is 0.361 e. The van der Waals surface area contributed by atoms with Gasteiger partial charge in [0, 0.05) is 25.2 Å². The lowest BCUT2D eigenvalue weighted by atomic mass is 9.87. The third-order valence-corrected chi connectivity index (χ3v) is 7.08. The number of hydrogen-bond donors (Lipinski definition) is 0. The Bertz CT molecular complexity index is 1250. The van der Waals surface area contributed by atoms with Gasteiger partial charge in [0.1, 0.15) is 18.0 Å². The quantitative estimate of drug-likeness (QED) is 0.305. The zero-order valence-corrected chi connectivity index (χ0v) is 24.6. The second-order valence-corrected chi connectivity index (χ2v) is 12.6. The molecule has 1 aromatic heterocycles. The zero-order chi connectivity index (χ0) is 28.2. The van der Waals surface area contributed by atoms with Gasteiger partial charge in [-0.2, -0.15) is 0 Å². The third-order valence-electron chi connectivity index (χ3n) is 7.08. The fourth-order valence-corrected chi connectivity index (χ4v) is 4.90. The van der Waals surface area contributed by atoms with Crippen molar-refractivity contribution in [3.63, 3.8) is 0 Å². The molecule has 0 N–H and O–H groups in total. The lowest BCUT2D eigenvalue weighted by Gasteiger charge is -2.34. The number of ether oxygens (including phenoxy) is 2. The highest BCUT2D eigenvalue weighted by Crippen LogP contribution is 2.30. The van der Waals surface area contributed by atoms with E-state index in [1.165, 1.54) is 11.3 Å². The predicted octanol–water partition coefficient (Wildman–Crippen LogP) is 7.08. The number of anilines is 1. The van der Waals surface area contributed by atoms with Gasteiger partial charge in [-0.25, -0.2) is 14.8 Å². The van der Waals surface area contributed by atoms with Crippen LogP contribution in [0.2, 0.25) is 0 Å². The Labute approximate surface area is 233 Å². The molecule has 0 radical (unpaired) electrons. The number of benzene rings is 2. The molecule has 0 bridgehead atoms. The van der Waals surface area contributed by atoms with E-state index >= 15 is 0 Å². The largest absolute Gasteiger partial charge is 0.484 e. The summed E-state index contributed by atoms with van der Waals surface area (Å²) in [4.78, 5) is 25.1. The van der Waals surface area contributed by atoms with Crippen LogP contribution in [0.5, 0.6) is 5.75 Å². The first-order valence-electron chi connectivity index (χ1n) is 14.0. The smallest absolute Gasteiger partial charge is 0.361 e. The summed E-state index contributed by atoms with van der Waals surface area (Å²) in [6.07, 6.45) is 2.83. The Morgan fingerprint density at radius 1 is 0.923 bits per heavy atom. The molecule has 1 aliphatic rings. The number of carbonyl (C=O) groups excluding carboxylic acids is 1. The van der Waals surface area contributed by atoms with Crippen molar-refractivity contribution in [1.29, 1.82) is 0 Å². The fraction of sp³-hybridized carbons (Fsp3) is 0.485. The molecule has 208 valence electrons. The van der Waals surface area contributed by atoms with Crippen LogP contribution in [-0.2, 0) is 23.2 Å². The molecule has 0 atom stereocenters. The Morgan fingerprint density at radius 2 is 1.56 bits per heavy atom. The van der Waals surface area contributed by atoms with E-state index in [4.69, 9.17) is 19.4 Å². The molecule has 1 fully saturated rings. The normalized spacial score (nSPS) is 14.8. The van der Waals surface area contributed by atoms with Crippen LogP contribution in [0.1, 0.15) is 87.5 Å². The summed E-state index contributed by atoms with van der Waals surface area (Å²) in [5.41, 5.74) is 4.03. The van der Waals surface area contributed by atoms with Crippen LogP contribution in [0.4, 0.5) is 5.69 Å². The molecule has 0 spiro atoms. The van der Waals surface area contributed by atoms with Crippen molar-refractivity contribution in [2.75, 3.05) is 18.0 Å². The first kappa shape index (κ1) is 28.6. The number of hydrogen-bond acceptors (Lipinski definition) is 6. The maximum atomic E-state index is 13.2. The summed E-state index contributed by atoms with van der Waals surface area (Å²) in [5, 5.41) is 0. The van der Waals surface area contributed by atoms with Gasteiger partial charge in [0.15, 0.2) is 11.4 Å². The maximum absolute atomic E-state index is 13.2. The SMILES string of the molecule is Cc1nc(CC2CCN(c3ccc(C(C)(C)C)cc3)CC2)nc(C(=O)OC(C)(C)C)c1OCc1ccccc1. The number of rotatable bonds is 7. The van der Waals surface area contributed by atoms with Crippen LogP contribution in [0, 0.1) is 12.8 Å². The molecular weight excluding hydrogens is 486 g/mol.